The van der Waals surface area contributed by atoms with Crippen molar-refractivity contribution in [3.8, 4) is 11.1 Å². The van der Waals surface area contributed by atoms with E-state index in [2.05, 4.69) is 18.2 Å². The summed E-state index contributed by atoms with van der Waals surface area (Å²) < 4.78 is 23.3. The highest BCUT2D eigenvalue weighted by molar-refractivity contribution is 8.13. The van der Waals surface area contributed by atoms with E-state index in [9.17, 15) is 8.42 Å². The fourth-order valence-electron chi connectivity index (χ4n) is 3.55. The Morgan fingerprint density at radius 3 is 2.50 bits per heavy atom. The van der Waals surface area contributed by atoms with Crippen LogP contribution in [0.2, 0.25) is 5.02 Å². The summed E-state index contributed by atoms with van der Waals surface area (Å²) in [6.07, 6.45) is 1.39. The number of hydrogen-bond donors (Lipinski definition) is 0. The molecule has 0 saturated carbocycles. The van der Waals surface area contributed by atoms with Crippen LogP contribution in [0.4, 0.5) is 0 Å². The fraction of sp³-hybridized carbons (Fsp3) is 0.143. The largest absolute Gasteiger partial charge is 0.261 e. The molecular formula is C21H16Cl2O2S. The van der Waals surface area contributed by atoms with Crippen LogP contribution in [-0.4, -0.2) is 8.42 Å². The van der Waals surface area contributed by atoms with Crippen molar-refractivity contribution in [3.63, 3.8) is 0 Å². The van der Waals surface area contributed by atoms with Gasteiger partial charge in [0.2, 0.25) is 0 Å². The highest BCUT2D eigenvalue weighted by Crippen LogP contribution is 2.41. The van der Waals surface area contributed by atoms with E-state index >= 15 is 0 Å². The molecule has 26 heavy (non-hydrogen) atoms. The second-order valence-electron chi connectivity index (χ2n) is 6.60. The maximum Gasteiger partial charge on any atom is 0.261 e. The zero-order valence-electron chi connectivity index (χ0n) is 14.1. The lowest BCUT2D eigenvalue weighted by Crippen LogP contribution is -1.99. The van der Waals surface area contributed by atoms with Crippen molar-refractivity contribution in [1.29, 1.82) is 0 Å². The van der Waals surface area contributed by atoms with Crippen LogP contribution in [0.25, 0.3) is 11.1 Å². The van der Waals surface area contributed by atoms with E-state index in [0.29, 0.717) is 6.42 Å². The molecule has 0 saturated heterocycles. The standard InChI is InChI=1S/C21H16Cl2O2S/c1-13-6-8-17(26(23,24)25)11-16(13)10-15-7-9-19-18-5-3-2-4-14(18)12-20(19)21(15)22/h2-9,11H,10,12H2,1H3. The zero-order chi connectivity index (χ0) is 18.5. The topological polar surface area (TPSA) is 34.1 Å². The van der Waals surface area contributed by atoms with Gasteiger partial charge >= 0.3 is 0 Å². The van der Waals surface area contributed by atoms with Crippen molar-refractivity contribution in [2.75, 3.05) is 0 Å². The number of rotatable bonds is 3. The van der Waals surface area contributed by atoms with Gasteiger partial charge in [-0.2, -0.15) is 0 Å². The fourth-order valence-corrected chi connectivity index (χ4v) is 4.65. The monoisotopic (exact) mass is 402 g/mol. The third-order valence-electron chi connectivity index (χ3n) is 4.98. The van der Waals surface area contributed by atoms with Gasteiger partial charge in [-0.25, -0.2) is 8.42 Å². The lowest BCUT2D eigenvalue weighted by atomic mass is 9.97. The number of halogens is 2. The van der Waals surface area contributed by atoms with Crippen LogP contribution < -0.4 is 0 Å². The minimum absolute atomic E-state index is 0.115. The van der Waals surface area contributed by atoms with Gasteiger partial charge in [0.1, 0.15) is 0 Å². The van der Waals surface area contributed by atoms with Crippen LogP contribution in [0.15, 0.2) is 59.5 Å². The summed E-state index contributed by atoms with van der Waals surface area (Å²) in [5.41, 5.74) is 7.76. The van der Waals surface area contributed by atoms with E-state index in [0.717, 1.165) is 33.7 Å². The number of benzene rings is 3. The highest BCUT2D eigenvalue weighted by Gasteiger charge is 2.22. The van der Waals surface area contributed by atoms with Gasteiger partial charge in [0.25, 0.3) is 9.05 Å². The minimum atomic E-state index is -3.75. The molecule has 0 heterocycles. The molecule has 0 bridgehead atoms. The summed E-state index contributed by atoms with van der Waals surface area (Å²) in [6.45, 7) is 1.96. The average molecular weight is 403 g/mol. The first-order valence-electron chi connectivity index (χ1n) is 8.27. The summed E-state index contributed by atoms with van der Waals surface area (Å²) in [4.78, 5) is 0.115. The van der Waals surface area contributed by atoms with Crippen molar-refractivity contribution < 1.29 is 8.42 Å². The van der Waals surface area contributed by atoms with Crippen LogP contribution in [0.1, 0.15) is 27.8 Å². The molecule has 1 aliphatic carbocycles. The molecule has 3 aromatic rings. The Morgan fingerprint density at radius 2 is 1.73 bits per heavy atom. The third-order valence-corrected chi connectivity index (χ3v) is 6.80. The molecule has 0 atom stereocenters. The first-order valence-corrected chi connectivity index (χ1v) is 11.0. The molecule has 0 spiro atoms. The lowest BCUT2D eigenvalue weighted by Gasteiger charge is -2.12. The molecule has 5 heteroatoms. The van der Waals surface area contributed by atoms with E-state index in [1.165, 1.54) is 22.8 Å². The van der Waals surface area contributed by atoms with Crippen molar-refractivity contribution in [1.82, 2.24) is 0 Å². The Balaban J connectivity index is 1.75. The van der Waals surface area contributed by atoms with Gasteiger partial charge in [-0.1, -0.05) is 54.1 Å². The van der Waals surface area contributed by atoms with Gasteiger partial charge in [-0.05, 0) is 64.4 Å². The lowest BCUT2D eigenvalue weighted by molar-refractivity contribution is 0.609. The number of aryl methyl sites for hydroxylation is 1. The van der Waals surface area contributed by atoms with Crippen LogP contribution in [0, 0.1) is 6.92 Å². The first kappa shape index (κ1) is 17.6. The number of fused-ring (bicyclic) bond motifs is 3. The van der Waals surface area contributed by atoms with Crippen LogP contribution in [-0.2, 0) is 21.9 Å². The average Bonchev–Trinajstić information content (AvgIpc) is 2.98. The second kappa shape index (κ2) is 6.41. The predicted molar refractivity (Wildman–Crippen MR) is 107 cm³/mol. The summed E-state index contributed by atoms with van der Waals surface area (Å²) >= 11 is 6.73. The van der Waals surface area contributed by atoms with E-state index in [4.69, 9.17) is 22.3 Å². The highest BCUT2D eigenvalue weighted by atomic mass is 35.7. The van der Waals surface area contributed by atoms with Crippen molar-refractivity contribution in [2.24, 2.45) is 0 Å². The smallest absolute Gasteiger partial charge is 0.207 e. The number of hydrogen-bond acceptors (Lipinski definition) is 2. The Bertz CT molecular complexity index is 1130. The summed E-state index contributed by atoms with van der Waals surface area (Å²) in [5, 5.41) is 0.761. The zero-order valence-corrected chi connectivity index (χ0v) is 16.4. The van der Waals surface area contributed by atoms with Gasteiger partial charge in [0, 0.05) is 22.1 Å². The van der Waals surface area contributed by atoms with Gasteiger partial charge in [0.15, 0.2) is 0 Å². The molecule has 4 rings (SSSR count). The Kier molecular flexibility index (Phi) is 4.34. The Hall–Kier alpha value is -1.81. The molecule has 0 radical (unpaired) electrons. The summed E-state index contributed by atoms with van der Waals surface area (Å²) in [7, 11) is 1.74. The first-order chi connectivity index (χ1) is 12.3. The maximum atomic E-state index is 11.6. The predicted octanol–water partition coefficient (Wildman–Crippen LogP) is 5.74. The normalized spacial score (nSPS) is 12.7. The molecule has 3 aromatic carbocycles. The molecule has 0 unspecified atom stereocenters. The van der Waals surface area contributed by atoms with Gasteiger partial charge in [-0.3, -0.25) is 0 Å². The van der Waals surface area contributed by atoms with Gasteiger partial charge in [0.05, 0.1) is 4.90 Å². The molecule has 132 valence electrons. The van der Waals surface area contributed by atoms with Crippen LogP contribution >= 0.6 is 22.3 Å². The molecule has 0 N–H and O–H groups in total. The Labute approximate surface area is 162 Å². The van der Waals surface area contributed by atoms with E-state index in [1.54, 1.807) is 12.1 Å². The molecule has 0 aliphatic heterocycles. The van der Waals surface area contributed by atoms with Crippen molar-refractivity contribution >= 4 is 31.3 Å². The van der Waals surface area contributed by atoms with E-state index in [1.807, 2.05) is 25.1 Å². The Morgan fingerprint density at radius 1 is 0.962 bits per heavy atom. The summed E-state index contributed by atoms with van der Waals surface area (Å²) in [5.74, 6) is 0. The van der Waals surface area contributed by atoms with E-state index in [-0.39, 0.29) is 4.90 Å². The third kappa shape index (κ3) is 3.05. The second-order valence-corrected chi connectivity index (χ2v) is 9.55. The quantitative estimate of drug-likeness (QED) is 0.409. The van der Waals surface area contributed by atoms with Gasteiger partial charge < -0.3 is 0 Å². The molecule has 0 fully saturated rings. The van der Waals surface area contributed by atoms with Crippen molar-refractivity contribution in [2.45, 2.75) is 24.7 Å². The molecule has 2 nitrogen and oxygen atoms in total. The van der Waals surface area contributed by atoms with Gasteiger partial charge in [-0.15, -0.1) is 0 Å². The maximum absolute atomic E-state index is 11.6. The summed E-state index contributed by atoms with van der Waals surface area (Å²) in [6, 6.07) is 17.4. The molecule has 1 aliphatic rings. The van der Waals surface area contributed by atoms with Crippen LogP contribution in [0.5, 0.6) is 0 Å². The molecular weight excluding hydrogens is 387 g/mol. The molecule has 0 amide bonds. The minimum Gasteiger partial charge on any atom is -0.207 e. The van der Waals surface area contributed by atoms with Crippen molar-refractivity contribution in [3.05, 3.63) is 87.4 Å². The SMILES string of the molecule is Cc1ccc(S(=O)(=O)Cl)cc1Cc1ccc2c(c1Cl)Cc1ccccc1-2. The van der Waals surface area contributed by atoms with E-state index < -0.39 is 9.05 Å². The van der Waals surface area contributed by atoms with Crippen LogP contribution in [0.3, 0.4) is 0 Å². The molecule has 0 aromatic heterocycles.